The van der Waals surface area contributed by atoms with Gasteiger partial charge in [-0.05, 0) is 43.9 Å². The normalized spacial score (nSPS) is 32.9. The Morgan fingerprint density at radius 3 is 2.67 bits per heavy atom. The molecule has 4 rings (SSSR count). The smallest absolute Gasteiger partial charge is 0.332 e. The van der Waals surface area contributed by atoms with E-state index in [1.165, 1.54) is 6.08 Å². The number of allylic oxidation sites excluding steroid dienone is 1. The third kappa shape index (κ3) is 2.99. The average molecular weight is 408 g/mol. The van der Waals surface area contributed by atoms with Gasteiger partial charge in [0.15, 0.2) is 5.78 Å². The van der Waals surface area contributed by atoms with E-state index < -0.39 is 22.9 Å². The van der Waals surface area contributed by atoms with Crippen molar-refractivity contribution >= 4 is 17.8 Å². The molecular weight excluding hydrogens is 380 g/mol. The number of esters is 1. The highest BCUT2D eigenvalue weighted by Crippen LogP contribution is 2.59. The molecule has 0 amide bonds. The van der Waals surface area contributed by atoms with Crippen molar-refractivity contribution in [3.63, 3.8) is 0 Å². The highest BCUT2D eigenvalue weighted by Gasteiger charge is 2.67. The van der Waals surface area contributed by atoms with Crippen LogP contribution in [0.25, 0.3) is 6.08 Å². The predicted octanol–water partition coefficient (Wildman–Crippen LogP) is 4.59. The molecule has 1 saturated carbocycles. The van der Waals surface area contributed by atoms with Gasteiger partial charge in [-0.25, -0.2) is 4.79 Å². The molecule has 1 aliphatic heterocycles. The number of hydrogen-bond acceptors (Lipinski definition) is 5. The van der Waals surface area contributed by atoms with Gasteiger partial charge in [-0.15, -0.1) is 0 Å². The van der Waals surface area contributed by atoms with Crippen LogP contribution in [0.1, 0.15) is 45.6 Å². The fourth-order valence-electron chi connectivity index (χ4n) is 5.39. The van der Waals surface area contributed by atoms with Gasteiger partial charge in [0.05, 0.1) is 25.0 Å². The molecule has 0 radical (unpaired) electrons. The Balaban J connectivity index is 1.75. The third-order valence-electron chi connectivity index (χ3n) is 6.98. The molecule has 0 aromatic heterocycles. The fourth-order valence-corrected chi connectivity index (χ4v) is 5.39. The SMILES string of the molecule is COC1=C(C)[C@]2(OC(=O)/C=C/c3ccccc3)C(=O)[C@H]3C(C)=CO[C@@H]3C[C@@]2(C)CC1. The molecule has 2 aliphatic carbocycles. The maximum absolute atomic E-state index is 13.9. The van der Waals surface area contributed by atoms with Gasteiger partial charge in [0.25, 0.3) is 0 Å². The summed E-state index contributed by atoms with van der Waals surface area (Å²) in [6.07, 6.45) is 6.60. The number of Topliss-reactive ketones (excluding diaryl/α,β-unsaturated/α-hetero) is 1. The quantitative estimate of drug-likeness (QED) is 0.538. The summed E-state index contributed by atoms with van der Waals surface area (Å²) in [5.74, 6) is -0.329. The zero-order chi connectivity index (χ0) is 21.5. The van der Waals surface area contributed by atoms with Crippen molar-refractivity contribution in [1.82, 2.24) is 0 Å². The molecule has 1 fully saturated rings. The molecule has 158 valence electrons. The summed E-state index contributed by atoms with van der Waals surface area (Å²) >= 11 is 0. The Hall–Kier alpha value is -2.82. The van der Waals surface area contributed by atoms with E-state index in [1.54, 1.807) is 19.4 Å². The highest BCUT2D eigenvalue weighted by atomic mass is 16.6. The molecule has 1 aromatic rings. The van der Waals surface area contributed by atoms with Crippen LogP contribution in [0, 0.1) is 11.3 Å². The molecule has 0 spiro atoms. The molecule has 30 heavy (non-hydrogen) atoms. The molecule has 3 aliphatic rings. The topological polar surface area (TPSA) is 61.8 Å². The van der Waals surface area contributed by atoms with E-state index >= 15 is 0 Å². The Bertz CT molecular complexity index is 957. The van der Waals surface area contributed by atoms with Gasteiger partial charge in [0.1, 0.15) is 6.10 Å². The van der Waals surface area contributed by atoms with E-state index in [0.29, 0.717) is 24.8 Å². The van der Waals surface area contributed by atoms with Crippen molar-refractivity contribution in [1.29, 1.82) is 0 Å². The molecule has 0 N–H and O–H groups in total. The first-order valence-electron chi connectivity index (χ1n) is 10.4. The number of rotatable bonds is 4. The van der Waals surface area contributed by atoms with Gasteiger partial charge in [0.2, 0.25) is 5.60 Å². The van der Waals surface area contributed by atoms with Gasteiger partial charge < -0.3 is 14.2 Å². The lowest BCUT2D eigenvalue weighted by Crippen LogP contribution is -2.65. The molecule has 5 heteroatoms. The molecule has 1 heterocycles. The van der Waals surface area contributed by atoms with Crippen LogP contribution in [0.4, 0.5) is 0 Å². The van der Waals surface area contributed by atoms with Gasteiger partial charge in [-0.2, -0.15) is 0 Å². The second-order valence-corrected chi connectivity index (χ2v) is 8.74. The van der Waals surface area contributed by atoms with Crippen LogP contribution in [-0.2, 0) is 23.8 Å². The zero-order valence-corrected chi connectivity index (χ0v) is 17.9. The standard InChI is InChI=1S/C25H28O5/c1-16-15-29-20-14-24(3)13-12-19(28-4)17(2)25(24,23(27)22(16)20)30-21(26)11-10-18-8-6-5-7-9-18/h5-11,15,20,22H,12-14H2,1-4H3/b11-10+/t20-,22+,24-,25+/m1/s1. The van der Waals surface area contributed by atoms with E-state index in [1.807, 2.05) is 51.1 Å². The largest absolute Gasteiger partial charge is 0.501 e. The minimum Gasteiger partial charge on any atom is -0.501 e. The Morgan fingerprint density at radius 1 is 1.23 bits per heavy atom. The zero-order valence-electron chi connectivity index (χ0n) is 17.9. The van der Waals surface area contributed by atoms with Crippen molar-refractivity contribution in [2.45, 2.75) is 51.7 Å². The number of methoxy groups -OCH3 is 1. The third-order valence-corrected chi connectivity index (χ3v) is 6.98. The molecule has 0 unspecified atom stereocenters. The van der Waals surface area contributed by atoms with Crippen LogP contribution >= 0.6 is 0 Å². The summed E-state index contributed by atoms with van der Waals surface area (Å²) < 4.78 is 17.5. The van der Waals surface area contributed by atoms with Crippen molar-refractivity contribution < 1.29 is 23.8 Å². The summed E-state index contributed by atoms with van der Waals surface area (Å²) in [4.78, 5) is 26.9. The van der Waals surface area contributed by atoms with Crippen LogP contribution in [0.2, 0.25) is 0 Å². The fraction of sp³-hybridized carbons (Fsp3) is 0.440. The molecule has 0 bridgehead atoms. The first-order valence-corrected chi connectivity index (χ1v) is 10.4. The first-order chi connectivity index (χ1) is 14.3. The van der Waals surface area contributed by atoms with E-state index in [9.17, 15) is 9.59 Å². The molecule has 5 nitrogen and oxygen atoms in total. The number of ether oxygens (including phenoxy) is 3. The van der Waals surface area contributed by atoms with E-state index in [0.717, 1.165) is 16.9 Å². The van der Waals surface area contributed by atoms with Crippen LogP contribution in [-0.4, -0.2) is 30.6 Å². The molecule has 1 aromatic carbocycles. The Labute approximate surface area is 177 Å². The summed E-state index contributed by atoms with van der Waals surface area (Å²) in [7, 11) is 1.60. The summed E-state index contributed by atoms with van der Waals surface area (Å²) in [6.45, 7) is 5.79. The number of benzene rings is 1. The number of ketones is 1. The Kier molecular flexibility index (Phi) is 5.08. The lowest BCUT2D eigenvalue weighted by atomic mass is 9.52. The number of carbonyl (C=O) groups excluding carboxylic acids is 2. The van der Waals surface area contributed by atoms with Crippen molar-refractivity contribution in [3.8, 4) is 0 Å². The number of hydrogen-bond donors (Lipinski definition) is 0. The van der Waals surface area contributed by atoms with E-state index in [-0.39, 0.29) is 11.9 Å². The van der Waals surface area contributed by atoms with Gasteiger partial charge >= 0.3 is 5.97 Å². The first kappa shape index (κ1) is 20.5. The van der Waals surface area contributed by atoms with Crippen molar-refractivity contribution in [3.05, 3.63) is 65.1 Å². The summed E-state index contributed by atoms with van der Waals surface area (Å²) in [6, 6.07) is 9.53. The predicted molar refractivity (Wildman–Crippen MR) is 113 cm³/mol. The molecule has 0 saturated heterocycles. The monoisotopic (exact) mass is 408 g/mol. The van der Waals surface area contributed by atoms with Crippen molar-refractivity contribution in [2.75, 3.05) is 7.11 Å². The lowest BCUT2D eigenvalue weighted by molar-refractivity contribution is -0.189. The molecule has 4 atom stereocenters. The van der Waals surface area contributed by atoms with Crippen LogP contribution in [0.15, 0.2) is 59.6 Å². The summed E-state index contributed by atoms with van der Waals surface area (Å²) in [5, 5.41) is 0. The lowest BCUT2D eigenvalue weighted by Gasteiger charge is -2.55. The number of carbonyl (C=O) groups is 2. The minimum atomic E-state index is -1.36. The van der Waals surface area contributed by atoms with Crippen LogP contribution < -0.4 is 0 Å². The maximum Gasteiger partial charge on any atom is 0.332 e. The van der Waals surface area contributed by atoms with E-state index in [4.69, 9.17) is 14.2 Å². The Morgan fingerprint density at radius 2 is 1.97 bits per heavy atom. The molecular formula is C25H28O5. The van der Waals surface area contributed by atoms with Gasteiger partial charge in [-0.1, -0.05) is 37.3 Å². The van der Waals surface area contributed by atoms with Crippen LogP contribution in [0.3, 0.4) is 0 Å². The van der Waals surface area contributed by atoms with Crippen LogP contribution in [0.5, 0.6) is 0 Å². The van der Waals surface area contributed by atoms with Gasteiger partial charge in [0, 0.05) is 23.5 Å². The van der Waals surface area contributed by atoms with Crippen molar-refractivity contribution in [2.24, 2.45) is 11.3 Å². The highest BCUT2D eigenvalue weighted by molar-refractivity contribution is 6.00. The van der Waals surface area contributed by atoms with E-state index in [2.05, 4.69) is 0 Å². The minimum absolute atomic E-state index is 0.110. The maximum atomic E-state index is 13.9. The van der Waals surface area contributed by atoms with Gasteiger partial charge in [-0.3, -0.25) is 4.79 Å². The second-order valence-electron chi connectivity index (χ2n) is 8.74. The second kappa shape index (κ2) is 7.46. The average Bonchev–Trinajstić information content (AvgIpc) is 3.09. The summed E-state index contributed by atoms with van der Waals surface area (Å²) in [5.41, 5.74) is 0.536. The number of fused-ring (bicyclic) bond motifs is 2.